The second kappa shape index (κ2) is 10.8. The Bertz CT molecular complexity index is 973. The van der Waals surface area contributed by atoms with Gasteiger partial charge in [0.15, 0.2) is 6.61 Å². The van der Waals surface area contributed by atoms with Crippen LogP contribution in [0.15, 0.2) is 84.0 Å². The fourth-order valence-electron chi connectivity index (χ4n) is 2.90. The van der Waals surface area contributed by atoms with Crippen molar-refractivity contribution in [3.05, 3.63) is 84.4 Å². The molecule has 0 bridgehead atoms. The number of hydrazone groups is 1. The summed E-state index contributed by atoms with van der Waals surface area (Å²) in [5.41, 5.74) is 6.29. The lowest BCUT2D eigenvalue weighted by Gasteiger charge is -2.17. The van der Waals surface area contributed by atoms with Crippen LogP contribution in [0.5, 0.6) is 5.75 Å². The van der Waals surface area contributed by atoms with Crippen LogP contribution in [-0.2, 0) is 4.79 Å². The molecule has 0 aliphatic heterocycles. The van der Waals surface area contributed by atoms with Crippen molar-refractivity contribution in [2.45, 2.75) is 0 Å². The number of hydrogen-bond donors (Lipinski definition) is 2. The van der Waals surface area contributed by atoms with E-state index in [1.165, 1.54) is 0 Å². The van der Waals surface area contributed by atoms with Gasteiger partial charge in [0.25, 0.3) is 5.91 Å². The van der Waals surface area contributed by atoms with Crippen LogP contribution in [0.3, 0.4) is 0 Å². The van der Waals surface area contributed by atoms with Gasteiger partial charge in [-0.25, -0.2) is 5.43 Å². The highest BCUT2D eigenvalue weighted by Gasteiger charge is 2.07. The summed E-state index contributed by atoms with van der Waals surface area (Å²) in [6.07, 6.45) is 1.58. The van der Waals surface area contributed by atoms with Crippen molar-refractivity contribution < 1.29 is 14.6 Å². The van der Waals surface area contributed by atoms with Crippen LogP contribution in [0.2, 0.25) is 0 Å². The van der Waals surface area contributed by atoms with E-state index in [2.05, 4.69) is 10.5 Å². The number of aliphatic hydroxyl groups is 1. The van der Waals surface area contributed by atoms with Crippen LogP contribution >= 0.6 is 0 Å². The Kier molecular flexibility index (Phi) is 7.58. The maximum Gasteiger partial charge on any atom is 0.277 e. The number of carbonyl (C=O) groups excluding carboxylic acids is 1. The molecule has 0 radical (unpaired) electrons. The molecule has 0 aromatic heterocycles. The Balaban J connectivity index is 1.52. The minimum Gasteiger partial charge on any atom is -0.483 e. The molecule has 6 heteroatoms. The van der Waals surface area contributed by atoms with Crippen molar-refractivity contribution in [3.8, 4) is 16.9 Å². The first-order valence-electron chi connectivity index (χ1n) is 9.68. The number of nitrogens with one attached hydrogen (secondary N) is 1. The van der Waals surface area contributed by atoms with Crippen LogP contribution in [0.25, 0.3) is 11.1 Å². The Labute approximate surface area is 176 Å². The number of rotatable bonds is 9. The van der Waals surface area contributed by atoms with E-state index >= 15 is 0 Å². The van der Waals surface area contributed by atoms with E-state index < -0.39 is 0 Å². The van der Waals surface area contributed by atoms with E-state index in [-0.39, 0.29) is 19.1 Å². The number of hydrogen-bond acceptors (Lipinski definition) is 5. The first-order chi connectivity index (χ1) is 14.7. The molecule has 0 heterocycles. The zero-order chi connectivity index (χ0) is 21.2. The number of aliphatic hydroxyl groups excluding tert-OH is 1. The molecule has 30 heavy (non-hydrogen) atoms. The van der Waals surface area contributed by atoms with E-state index in [9.17, 15) is 4.79 Å². The number of amides is 1. The highest BCUT2D eigenvalue weighted by molar-refractivity contribution is 5.83. The van der Waals surface area contributed by atoms with Crippen molar-refractivity contribution in [3.63, 3.8) is 0 Å². The lowest BCUT2D eigenvalue weighted by Crippen LogP contribution is -2.24. The van der Waals surface area contributed by atoms with Gasteiger partial charge in [0.05, 0.1) is 12.8 Å². The standard InChI is InChI=1S/C24H25N3O3/c1-27(15-16-28)21-13-11-19(12-14-21)17-25-26-24(29)18-30-23-10-6-5-9-22(23)20-7-3-2-4-8-20/h2-14,17,28H,15-16,18H2,1H3,(H,26,29)/b25-17-. The minimum absolute atomic E-state index is 0.101. The Hall–Kier alpha value is -3.64. The van der Waals surface area contributed by atoms with E-state index in [0.717, 1.165) is 22.4 Å². The molecule has 0 aliphatic carbocycles. The topological polar surface area (TPSA) is 74.2 Å². The van der Waals surface area contributed by atoms with Crippen molar-refractivity contribution >= 4 is 17.8 Å². The van der Waals surface area contributed by atoms with Gasteiger partial charge in [-0.15, -0.1) is 0 Å². The number of benzene rings is 3. The van der Waals surface area contributed by atoms with E-state index in [1.807, 2.05) is 90.8 Å². The highest BCUT2D eigenvalue weighted by atomic mass is 16.5. The summed E-state index contributed by atoms with van der Waals surface area (Å²) in [7, 11) is 1.91. The molecule has 3 rings (SSSR count). The molecule has 0 saturated heterocycles. The predicted molar refractivity (Wildman–Crippen MR) is 120 cm³/mol. The fourth-order valence-corrected chi connectivity index (χ4v) is 2.90. The average Bonchev–Trinajstić information content (AvgIpc) is 2.79. The van der Waals surface area contributed by atoms with Gasteiger partial charge in [-0.05, 0) is 29.3 Å². The van der Waals surface area contributed by atoms with Gasteiger partial charge in [-0.2, -0.15) is 5.10 Å². The molecule has 0 unspecified atom stereocenters. The fraction of sp³-hybridized carbons (Fsp3) is 0.167. The van der Waals surface area contributed by atoms with E-state index in [4.69, 9.17) is 9.84 Å². The summed E-state index contributed by atoms with van der Waals surface area (Å²) in [5.74, 6) is 0.304. The normalized spacial score (nSPS) is 10.7. The number of nitrogens with zero attached hydrogens (tertiary/aromatic N) is 2. The number of ether oxygens (including phenoxy) is 1. The second-order valence-electron chi connectivity index (χ2n) is 6.68. The Morgan fingerprint density at radius 2 is 1.73 bits per heavy atom. The summed E-state index contributed by atoms with van der Waals surface area (Å²) in [6.45, 7) is 0.534. The Morgan fingerprint density at radius 3 is 2.47 bits per heavy atom. The summed E-state index contributed by atoms with van der Waals surface area (Å²) in [5, 5.41) is 13.0. The van der Waals surface area contributed by atoms with Crippen LogP contribution in [0.1, 0.15) is 5.56 Å². The lowest BCUT2D eigenvalue weighted by atomic mass is 10.1. The second-order valence-corrected chi connectivity index (χ2v) is 6.68. The van der Waals surface area contributed by atoms with Crippen LogP contribution in [0.4, 0.5) is 5.69 Å². The van der Waals surface area contributed by atoms with Crippen LogP contribution in [-0.4, -0.2) is 44.0 Å². The molecule has 154 valence electrons. The monoisotopic (exact) mass is 403 g/mol. The smallest absolute Gasteiger partial charge is 0.277 e. The van der Waals surface area contributed by atoms with Gasteiger partial charge < -0.3 is 14.7 Å². The molecule has 3 aromatic rings. The first-order valence-corrected chi connectivity index (χ1v) is 9.68. The summed E-state index contributed by atoms with van der Waals surface area (Å²) < 4.78 is 5.71. The third-order valence-electron chi connectivity index (χ3n) is 4.50. The zero-order valence-electron chi connectivity index (χ0n) is 16.9. The van der Waals surface area contributed by atoms with Crippen molar-refractivity contribution in [2.75, 3.05) is 31.7 Å². The number of para-hydroxylation sites is 1. The molecular weight excluding hydrogens is 378 g/mol. The van der Waals surface area contributed by atoms with Crippen LogP contribution < -0.4 is 15.1 Å². The van der Waals surface area contributed by atoms with E-state index in [1.54, 1.807) is 6.21 Å². The third-order valence-corrected chi connectivity index (χ3v) is 4.50. The number of carbonyl (C=O) groups is 1. The SMILES string of the molecule is CN(CCO)c1ccc(/C=N\NC(=O)COc2ccccc2-c2ccccc2)cc1. The van der Waals surface area contributed by atoms with Gasteiger partial charge in [-0.3, -0.25) is 4.79 Å². The quantitative estimate of drug-likeness (QED) is 0.425. The average molecular weight is 403 g/mol. The van der Waals surface area contributed by atoms with Gasteiger partial charge in [0, 0.05) is 24.8 Å². The molecule has 0 atom stereocenters. The third kappa shape index (κ3) is 5.93. The maximum atomic E-state index is 12.1. The maximum absolute atomic E-state index is 12.1. The molecule has 6 nitrogen and oxygen atoms in total. The van der Waals surface area contributed by atoms with Crippen molar-refractivity contribution in [1.29, 1.82) is 0 Å². The lowest BCUT2D eigenvalue weighted by molar-refractivity contribution is -0.123. The molecule has 1 amide bonds. The van der Waals surface area contributed by atoms with Gasteiger partial charge in [-0.1, -0.05) is 60.7 Å². The summed E-state index contributed by atoms with van der Waals surface area (Å²) >= 11 is 0. The largest absolute Gasteiger partial charge is 0.483 e. The summed E-state index contributed by atoms with van der Waals surface area (Å²) in [6, 6.07) is 25.2. The first kappa shape index (κ1) is 21.1. The predicted octanol–water partition coefficient (Wildman–Crippen LogP) is 3.31. The van der Waals surface area contributed by atoms with Crippen LogP contribution in [0, 0.1) is 0 Å². The minimum atomic E-state index is -0.339. The zero-order valence-corrected chi connectivity index (χ0v) is 16.9. The van der Waals surface area contributed by atoms with Crippen molar-refractivity contribution in [1.82, 2.24) is 5.43 Å². The Morgan fingerprint density at radius 1 is 1.03 bits per heavy atom. The molecule has 0 aliphatic rings. The highest BCUT2D eigenvalue weighted by Crippen LogP contribution is 2.29. The molecule has 2 N–H and O–H groups in total. The molecule has 0 fully saturated rings. The molecule has 0 spiro atoms. The van der Waals surface area contributed by atoms with Gasteiger partial charge in [0.1, 0.15) is 5.75 Å². The molecule has 0 saturated carbocycles. The molecular formula is C24H25N3O3. The summed E-state index contributed by atoms with van der Waals surface area (Å²) in [4.78, 5) is 14.0. The van der Waals surface area contributed by atoms with Gasteiger partial charge in [0.2, 0.25) is 0 Å². The van der Waals surface area contributed by atoms with E-state index in [0.29, 0.717) is 12.3 Å². The van der Waals surface area contributed by atoms with Crippen molar-refractivity contribution in [2.24, 2.45) is 5.10 Å². The van der Waals surface area contributed by atoms with Gasteiger partial charge >= 0.3 is 0 Å². The molecule has 3 aromatic carbocycles. The number of likely N-dealkylation sites (N-methyl/N-ethyl adjacent to an activating group) is 1. The number of anilines is 1.